The number of nitrogens with zero attached hydrogens (tertiary/aromatic N) is 5. The molecule has 2 aromatic heterocycles. The molecule has 4 rings (SSSR count). The van der Waals surface area contributed by atoms with Crippen molar-refractivity contribution in [3.05, 3.63) is 42.5 Å². The first-order valence-electron chi connectivity index (χ1n) is 10.6. The molecule has 0 spiro atoms. The summed E-state index contributed by atoms with van der Waals surface area (Å²) in [4.78, 5) is 27.7. The fourth-order valence-corrected chi connectivity index (χ4v) is 4.23. The number of nitrogens with two attached hydrogens (primary N) is 1. The number of rotatable bonds is 7. The van der Waals surface area contributed by atoms with Crippen molar-refractivity contribution >= 4 is 22.9 Å². The van der Waals surface area contributed by atoms with E-state index in [1.54, 1.807) is 13.4 Å². The number of aliphatic hydroxyl groups excluding tert-OH is 1. The van der Waals surface area contributed by atoms with Crippen molar-refractivity contribution < 1.29 is 14.6 Å². The maximum atomic E-state index is 12.7. The maximum absolute atomic E-state index is 12.7. The van der Waals surface area contributed by atoms with Gasteiger partial charge in [-0.2, -0.15) is 0 Å². The molecule has 1 amide bonds. The SMILES string of the molecule is COc1ccc(C[C@H](N)C(=O)N[C@H]2CC[C@H](n3cnc4c(N(C)C)ncnc43)[C@H]2O)cc1. The van der Waals surface area contributed by atoms with Crippen LogP contribution in [0.4, 0.5) is 5.82 Å². The summed E-state index contributed by atoms with van der Waals surface area (Å²) in [6, 6.07) is 6.12. The standard InChI is InChI=1S/C22H29N7O3/c1-28(2)20-18-21(25-11-24-20)29(12-26-18)17-9-8-16(19(17)30)27-22(31)15(23)10-13-4-6-14(32-3)7-5-13/h4-7,11-12,15-17,19,30H,8-10,23H2,1-3H3,(H,27,31)/t15-,16-,17-,19-/m0/s1. The Bertz CT molecular complexity index is 1080. The number of aromatic nitrogens is 4. The van der Waals surface area contributed by atoms with Crippen LogP contribution >= 0.6 is 0 Å². The number of imidazole rings is 1. The average molecular weight is 440 g/mol. The van der Waals surface area contributed by atoms with Gasteiger partial charge < -0.3 is 30.4 Å². The van der Waals surface area contributed by atoms with E-state index in [1.807, 2.05) is 47.8 Å². The normalized spacial score (nSPS) is 21.5. The highest BCUT2D eigenvalue weighted by Crippen LogP contribution is 2.33. The first-order valence-corrected chi connectivity index (χ1v) is 10.6. The first kappa shape index (κ1) is 22.0. The third kappa shape index (κ3) is 4.23. The zero-order valence-corrected chi connectivity index (χ0v) is 18.5. The number of ether oxygens (including phenoxy) is 1. The van der Waals surface area contributed by atoms with Gasteiger partial charge in [-0.15, -0.1) is 0 Å². The van der Waals surface area contributed by atoms with Crippen LogP contribution in [0.15, 0.2) is 36.9 Å². The molecule has 2 heterocycles. The van der Waals surface area contributed by atoms with Crippen molar-refractivity contribution in [2.24, 2.45) is 5.73 Å². The zero-order valence-electron chi connectivity index (χ0n) is 18.5. The van der Waals surface area contributed by atoms with Gasteiger partial charge in [0.1, 0.15) is 12.1 Å². The molecule has 32 heavy (non-hydrogen) atoms. The molecule has 4 atom stereocenters. The summed E-state index contributed by atoms with van der Waals surface area (Å²) in [6.45, 7) is 0. The largest absolute Gasteiger partial charge is 0.497 e. The summed E-state index contributed by atoms with van der Waals surface area (Å²) < 4.78 is 7.03. The Morgan fingerprint density at radius 3 is 2.72 bits per heavy atom. The molecule has 0 unspecified atom stereocenters. The summed E-state index contributed by atoms with van der Waals surface area (Å²) in [5.41, 5.74) is 8.42. The Balaban J connectivity index is 1.42. The Hall–Kier alpha value is -3.24. The van der Waals surface area contributed by atoms with E-state index in [1.165, 1.54) is 6.33 Å². The monoisotopic (exact) mass is 439 g/mol. The van der Waals surface area contributed by atoms with Gasteiger partial charge in [0.25, 0.3) is 0 Å². The number of anilines is 1. The number of hydrogen-bond acceptors (Lipinski definition) is 8. The van der Waals surface area contributed by atoms with Crippen molar-refractivity contribution in [2.45, 2.75) is 43.5 Å². The molecule has 0 saturated heterocycles. The number of carbonyl (C=O) groups is 1. The van der Waals surface area contributed by atoms with Gasteiger partial charge in [-0.25, -0.2) is 15.0 Å². The predicted molar refractivity (Wildman–Crippen MR) is 121 cm³/mol. The Kier molecular flexibility index (Phi) is 6.24. The first-order chi connectivity index (χ1) is 15.4. The summed E-state index contributed by atoms with van der Waals surface area (Å²) in [6.07, 6.45) is 4.12. The Labute approximate surface area is 186 Å². The molecule has 3 aromatic rings. The fraction of sp³-hybridized carbons (Fsp3) is 0.455. The van der Waals surface area contributed by atoms with Crippen LogP contribution < -0.4 is 20.7 Å². The van der Waals surface area contributed by atoms with Crippen molar-refractivity contribution in [1.82, 2.24) is 24.8 Å². The highest BCUT2D eigenvalue weighted by molar-refractivity contribution is 5.83. The summed E-state index contributed by atoms with van der Waals surface area (Å²) in [5, 5.41) is 13.9. The van der Waals surface area contributed by atoms with Crippen LogP contribution in [0.3, 0.4) is 0 Å². The topological polar surface area (TPSA) is 131 Å². The highest BCUT2D eigenvalue weighted by atomic mass is 16.5. The Morgan fingerprint density at radius 1 is 1.28 bits per heavy atom. The molecule has 10 heteroatoms. The number of fused-ring (bicyclic) bond motifs is 1. The van der Waals surface area contributed by atoms with E-state index in [-0.39, 0.29) is 18.0 Å². The molecular weight excluding hydrogens is 410 g/mol. The predicted octanol–water partition coefficient (Wildman–Crippen LogP) is 0.652. The molecule has 1 saturated carbocycles. The van der Waals surface area contributed by atoms with E-state index in [2.05, 4.69) is 20.3 Å². The minimum absolute atomic E-state index is 0.243. The second kappa shape index (κ2) is 9.09. The maximum Gasteiger partial charge on any atom is 0.237 e. The second-order valence-electron chi connectivity index (χ2n) is 8.32. The molecule has 170 valence electrons. The van der Waals surface area contributed by atoms with Gasteiger partial charge in [0, 0.05) is 14.1 Å². The summed E-state index contributed by atoms with van der Waals surface area (Å²) >= 11 is 0. The molecule has 0 aliphatic heterocycles. The van der Waals surface area contributed by atoms with Crippen molar-refractivity contribution in [2.75, 3.05) is 26.1 Å². The van der Waals surface area contributed by atoms with E-state index in [0.29, 0.717) is 30.4 Å². The van der Waals surface area contributed by atoms with E-state index in [0.717, 1.165) is 17.1 Å². The lowest BCUT2D eigenvalue weighted by molar-refractivity contribution is -0.123. The van der Waals surface area contributed by atoms with Crippen molar-refractivity contribution in [1.29, 1.82) is 0 Å². The molecule has 0 bridgehead atoms. The van der Waals surface area contributed by atoms with E-state index < -0.39 is 12.1 Å². The molecule has 0 radical (unpaired) electrons. The highest BCUT2D eigenvalue weighted by Gasteiger charge is 2.38. The summed E-state index contributed by atoms with van der Waals surface area (Å²) in [5.74, 6) is 1.19. The van der Waals surface area contributed by atoms with Gasteiger partial charge in [-0.1, -0.05) is 12.1 Å². The lowest BCUT2D eigenvalue weighted by atomic mass is 10.0. The van der Waals surface area contributed by atoms with Crippen LogP contribution in [0, 0.1) is 0 Å². The van der Waals surface area contributed by atoms with Gasteiger partial charge in [0.2, 0.25) is 5.91 Å². The molecule has 4 N–H and O–H groups in total. The molecular formula is C22H29N7O3. The van der Waals surface area contributed by atoms with Crippen LogP contribution in [0.5, 0.6) is 5.75 Å². The number of nitrogens with one attached hydrogen (secondary N) is 1. The van der Waals surface area contributed by atoms with E-state index >= 15 is 0 Å². The zero-order chi connectivity index (χ0) is 22.8. The van der Waals surface area contributed by atoms with Crippen LogP contribution in [0.1, 0.15) is 24.4 Å². The molecule has 1 aliphatic rings. The van der Waals surface area contributed by atoms with E-state index in [4.69, 9.17) is 10.5 Å². The van der Waals surface area contributed by atoms with Gasteiger partial charge in [-0.3, -0.25) is 4.79 Å². The molecule has 10 nitrogen and oxygen atoms in total. The van der Waals surface area contributed by atoms with Crippen LogP contribution in [0.25, 0.3) is 11.2 Å². The van der Waals surface area contributed by atoms with Gasteiger partial charge in [-0.05, 0) is 37.0 Å². The number of methoxy groups -OCH3 is 1. The number of carbonyl (C=O) groups excluding carboxylic acids is 1. The van der Waals surface area contributed by atoms with Crippen LogP contribution in [0.2, 0.25) is 0 Å². The van der Waals surface area contributed by atoms with Gasteiger partial charge in [0.05, 0.1) is 37.7 Å². The van der Waals surface area contributed by atoms with Gasteiger partial charge >= 0.3 is 0 Å². The molecule has 1 aliphatic carbocycles. The lowest BCUT2D eigenvalue weighted by Gasteiger charge is -2.23. The molecule has 1 aromatic carbocycles. The van der Waals surface area contributed by atoms with Crippen LogP contribution in [-0.4, -0.2) is 69.9 Å². The van der Waals surface area contributed by atoms with Gasteiger partial charge in [0.15, 0.2) is 17.0 Å². The fourth-order valence-electron chi connectivity index (χ4n) is 4.23. The quantitative estimate of drug-likeness (QED) is 0.489. The number of amides is 1. The minimum Gasteiger partial charge on any atom is -0.497 e. The number of hydrogen-bond donors (Lipinski definition) is 3. The second-order valence-corrected chi connectivity index (χ2v) is 8.32. The number of aliphatic hydroxyl groups is 1. The van der Waals surface area contributed by atoms with Crippen LogP contribution in [-0.2, 0) is 11.2 Å². The van der Waals surface area contributed by atoms with E-state index in [9.17, 15) is 9.90 Å². The molecule has 1 fully saturated rings. The third-order valence-corrected chi connectivity index (χ3v) is 5.98. The Morgan fingerprint density at radius 2 is 2.03 bits per heavy atom. The summed E-state index contributed by atoms with van der Waals surface area (Å²) in [7, 11) is 5.40. The third-order valence-electron chi connectivity index (χ3n) is 5.98. The van der Waals surface area contributed by atoms with Crippen molar-refractivity contribution in [3.8, 4) is 5.75 Å². The minimum atomic E-state index is -0.776. The lowest BCUT2D eigenvalue weighted by Crippen LogP contribution is -2.49. The average Bonchev–Trinajstić information content (AvgIpc) is 3.37. The van der Waals surface area contributed by atoms with Crippen molar-refractivity contribution in [3.63, 3.8) is 0 Å². The number of benzene rings is 1. The smallest absolute Gasteiger partial charge is 0.237 e.